The van der Waals surface area contributed by atoms with Gasteiger partial charge < -0.3 is 19.8 Å². The van der Waals surface area contributed by atoms with Crippen LogP contribution in [-0.4, -0.2) is 50.4 Å². The Bertz CT molecular complexity index is 1020. The van der Waals surface area contributed by atoms with E-state index in [1.54, 1.807) is 0 Å². The molecule has 0 bridgehead atoms. The Labute approximate surface area is 207 Å². The van der Waals surface area contributed by atoms with Crippen molar-refractivity contribution in [3.63, 3.8) is 0 Å². The Morgan fingerprint density at radius 3 is 2.72 bits per heavy atom. The lowest BCUT2D eigenvalue weighted by Gasteiger charge is -2.13. The SMILES string of the molecule is CN=C(NCCCc1nnc2n1CCCCC2)NCCCn1c(C)nc2ccccc21.I. The first kappa shape index (κ1) is 24.5. The van der Waals surface area contributed by atoms with Gasteiger partial charge in [-0.25, -0.2) is 4.98 Å². The number of imidazole rings is 1. The molecule has 0 amide bonds. The molecule has 0 unspecified atom stereocenters. The third-order valence-corrected chi connectivity index (χ3v) is 5.98. The lowest BCUT2D eigenvalue weighted by atomic mass is 10.2. The number of benzene rings is 1. The van der Waals surface area contributed by atoms with Gasteiger partial charge >= 0.3 is 0 Å². The first-order valence-electron chi connectivity index (χ1n) is 11.5. The van der Waals surface area contributed by atoms with E-state index in [-0.39, 0.29) is 24.0 Å². The molecule has 0 saturated carbocycles. The zero-order valence-electron chi connectivity index (χ0n) is 19.2. The van der Waals surface area contributed by atoms with E-state index in [4.69, 9.17) is 0 Å². The van der Waals surface area contributed by atoms with Crippen molar-refractivity contribution >= 4 is 41.0 Å². The molecule has 2 aromatic heterocycles. The number of hydrogen-bond donors (Lipinski definition) is 2. The molecule has 174 valence electrons. The van der Waals surface area contributed by atoms with E-state index in [2.05, 4.69) is 65.1 Å². The van der Waals surface area contributed by atoms with E-state index in [1.807, 2.05) is 13.1 Å². The third kappa shape index (κ3) is 5.99. The number of guanidine groups is 1. The van der Waals surface area contributed by atoms with Gasteiger partial charge in [-0.3, -0.25) is 4.99 Å². The predicted molar refractivity (Wildman–Crippen MR) is 140 cm³/mol. The molecule has 8 nitrogen and oxygen atoms in total. The quantitative estimate of drug-likeness (QED) is 0.194. The number of hydrogen-bond acceptors (Lipinski definition) is 4. The second-order valence-electron chi connectivity index (χ2n) is 8.18. The second kappa shape index (κ2) is 12.2. The fourth-order valence-corrected chi connectivity index (χ4v) is 4.33. The van der Waals surface area contributed by atoms with Gasteiger partial charge in [0.1, 0.15) is 17.5 Å². The monoisotopic (exact) mass is 550 g/mol. The fraction of sp³-hybridized carbons (Fsp3) is 0.565. The zero-order chi connectivity index (χ0) is 21.5. The van der Waals surface area contributed by atoms with Crippen molar-refractivity contribution in [3.8, 4) is 0 Å². The Morgan fingerprint density at radius 2 is 1.88 bits per heavy atom. The highest BCUT2D eigenvalue weighted by Gasteiger charge is 2.14. The number of nitrogens with one attached hydrogen (secondary N) is 2. The molecule has 0 saturated heterocycles. The fourth-order valence-electron chi connectivity index (χ4n) is 4.33. The molecular weight excluding hydrogens is 515 g/mol. The summed E-state index contributed by atoms with van der Waals surface area (Å²) >= 11 is 0. The van der Waals surface area contributed by atoms with Crippen LogP contribution in [0.15, 0.2) is 29.3 Å². The van der Waals surface area contributed by atoms with Crippen LogP contribution >= 0.6 is 24.0 Å². The van der Waals surface area contributed by atoms with Crippen LogP contribution in [0.2, 0.25) is 0 Å². The first-order valence-corrected chi connectivity index (χ1v) is 11.5. The Balaban J connectivity index is 0.00000289. The third-order valence-electron chi connectivity index (χ3n) is 5.98. The summed E-state index contributed by atoms with van der Waals surface area (Å²) in [5.74, 6) is 4.21. The Morgan fingerprint density at radius 1 is 1.06 bits per heavy atom. The maximum atomic E-state index is 4.64. The summed E-state index contributed by atoms with van der Waals surface area (Å²) in [6.07, 6.45) is 7.80. The maximum absolute atomic E-state index is 4.64. The molecule has 0 fully saturated rings. The molecule has 3 aromatic rings. The number of para-hydroxylation sites is 2. The molecule has 1 aliphatic heterocycles. The summed E-state index contributed by atoms with van der Waals surface area (Å²) in [6.45, 7) is 5.81. The minimum atomic E-state index is 0. The van der Waals surface area contributed by atoms with Crippen LogP contribution in [0.25, 0.3) is 11.0 Å². The zero-order valence-corrected chi connectivity index (χ0v) is 21.5. The largest absolute Gasteiger partial charge is 0.356 e. The molecule has 1 aromatic carbocycles. The van der Waals surface area contributed by atoms with Crippen molar-refractivity contribution in [1.29, 1.82) is 0 Å². The van der Waals surface area contributed by atoms with Crippen LogP contribution in [0, 0.1) is 6.92 Å². The number of fused-ring (bicyclic) bond motifs is 2. The number of halogens is 1. The molecular formula is C23H35IN8. The summed E-state index contributed by atoms with van der Waals surface area (Å²) in [5, 5.41) is 15.7. The minimum absolute atomic E-state index is 0. The van der Waals surface area contributed by atoms with Crippen molar-refractivity contribution in [1.82, 2.24) is 34.9 Å². The minimum Gasteiger partial charge on any atom is -0.356 e. The predicted octanol–water partition coefficient (Wildman–Crippen LogP) is 3.47. The first-order chi connectivity index (χ1) is 15.3. The lowest BCUT2D eigenvalue weighted by Crippen LogP contribution is -2.38. The topological polar surface area (TPSA) is 85.0 Å². The number of rotatable bonds is 8. The van der Waals surface area contributed by atoms with Crippen LogP contribution in [-0.2, 0) is 25.9 Å². The molecule has 1 aliphatic rings. The van der Waals surface area contributed by atoms with Crippen LogP contribution in [0.1, 0.15) is 49.6 Å². The van der Waals surface area contributed by atoms with E-state index in [1.165, 1.54) is 30.6 Å². The van der Waals surface area contributed by atoms with Gasteiger partial charge in [0.25, 0.3) is 0 Å². The summed E-state index contributed by atoms with van der Waals surface area (Å²) < 4.78 is 4.62. The molecule has 3 heterocycles. The summed E-state index contributed by atoms with van der Waals surface area (Å²) in [4.78, 5) is 8.99. The highest BCUT2D eigenvalue weighted by atomic mass is 127. The molecule has 2 N–H and O–H groups in total. The number of aryl methyl sites for hydroxylation is 4. The van der Waals surface area contributed by atoms with E-state index < -0.39 is 0 Å². The average molecular weight is 550 g/mol. The Kier molecular flexibility index (Phi) is 9.31. The van der Waals surface area contributed by atoms with Crippen LogP contribution in [0.4, 0.5) is 0 Å². The van der Waals surface area contributed by atoms with Crippen molar-refractivity contribution in [2.24, 2.45) is 4.99 Å². The molecule has 0 radical (unpaired) electrons. The van der Waals surface area contributed by atoms with Gasteiger partial charge in [-0.1, -0.05) is 18.6 Å². The van der Waals surface area contributed by atoms with E-state index in [0.29, 0.717) is 0 Å². The molecule has 0 atom stereocenters. The van der Waals surface area contributed by atoms with Gasteiger partial charge in [0.15, 0.2) is 5.96 Å². The maximum Gasteiger partial charge on any atom is 0.190 e. The van der Waals surface area contributed by atoms with Gasteiger partial charge in [-0.05, 0) is 44.7 Å². The number of aliphatic imine (C=N–C) groups is 1. The standard InChI is InChI=1S/C23H34N8.HI/c1-18-27-19-10-5-6-11-20(19)30(18)17-9-15-26-23(24-2)25-14-8-13-22-29-28-21-12-4-3-7-16-31(21)22;/h5-6,10-11H,3-4,7-9,12-17H2,1-2H3,(H2,24,25,26);1H. The van der Waals surface area contributed by atoms with Crippen LogP contribution < -0.4 is 10.6 Å². The van der Waals surface area contributed by atoms with Crippen molar-refractivity contribution in [2.75, 3.05) is 20.1 Å². The average Bonchev–Trinajstić information content (AvgIpc) is 3.22. The van der Waals surface area contributed by atoms with E-state index >= 15 is 0 Å². The summed E-state index contributed by atoms with van der Waals surface area (Å²) in [6, 6.07) is 8.31. The van der Waals surface area contributed by atoms with Gasteiger partial charge in [0.05, 0.1) is 11.0 Å². The molecule has 9 heteroatoms. The number of nitrogens with zero attached hydrogens (tertiary/aromatic N) is 6. The van der Waals surface area contributed by atoms with Crippen LogP contribution in [0.5, 0.6) is 0 Å². The normalized spacial score (nSPS) is 14.0. The summed E-state index contributed by atoms with van der Waals surface area (Å²) in [7, 11) is 1.82. The van der Waals surface area contributed by atoms with Crippen LogP contribution in [0.3, 0.4) is 0 Å². The van der Waals surface area contributed by atoms with Gasteiger partial charge in [-0.2, -0.15) is 0 Å². The number of aromatic nitrogens is 5. The van der Waals surface area contributed by atoms with Gasteiger partial charge in [-0.15, -0.1) is 34.2 Å². The Hall–Kier alpha value is -2.17. The van der Waals surface area contributed by atoms with E-state index in [0.717, 1.165) is 75.0 Å². The highest BCUT2D eigenvalue weighted by Crippen LogP contribution is 2.16. The molecule has 4 rings (SSSR count). The van der Waals surface area contributed by atoms with Gasteiger partial charge in [0, 0.05) is 46.1 Å². The van der Waals surface area contributed by atoms with Crippen molar-refractivity contribution in [3.05, 3.63) is 41.7 Å². The lowest BCUT2D eigenvalue weighted by molar-refractivity contribution is 0.592. The second-order valence-corrected chi connectivity index (χ2v) is 8.18. The molecule has 0 spiro atoms. The molecule has 32 heavy (non-hydrogen) atoms. The van der Waals surface area contributed by atoms with Gasteiger partial charge in [0.2, 0.25) is 0 Å². The van der Waals surface area contributed by atoms with E-state index in [9.17, 15) is 0 Å². The molecule has 0 aliphatic carbocycles. The van der Waals surface area contributed by atoms with Crippen molar-refractivity contribution in [2.45, 2.75) is 65.0 Å². The summed E-state index contributed by atoms with van der Waals surface area (Å²) in [5.41, 5.74) is 2.27. The highest BCUT2D eigenvalue weighted by molar-refractivity contribution is 14.0. The van der Waals surface area contributed by atoms with Crippen molar-refractivity contribution < 1.29 is 0 Å². The smallest absolute Gasteiger partial charge is 0.190 e.